The fraction of sp³-hybridized carbons (Fsp3) is 0.615. The topological polar surface area (TPSA) is 92.0 Å². The lowest BCUT2D eigenvalue weighted by molar-refractivity contribution is -0.133. The molecular formula is C26H37N5O4. The molecule has 190 valence electrons. The fourth-order valence-corrected chi connectivity index (χ4v) is 4.90. The lowest BCUT2D eigenvalue weighted by atomic mass is 9.94. The van der Waals surface area contributed by atoms with E-state index < -0.39 is 0 Å². The molecule has 1 aromatic heterocycles. The molecule has 1 saturated carbocycles. The number of aryl methyl sites for hydroxylation is 1. The Morgan fingerprint density at radius 1 is 1.09 bits per heavy atom. The number of nitrogens with zero attached hydrogens (tertiary/aromatic N) is 5. The van der Waals surface area contributed by atoms with Crippen LogP contribution >= 0.6 is 0 Å². The largest absolute Gasteiger partial charge is 0.497 e. The molecule has 0 atom stereocenters. The number of carbonyl (C=O) groups excluding carboxylic acids is 2. The van der Waals surface area contributed by atoms with Crippen LogP contribution < -0.4 is 4.74 Å². The van der Waals surface area contributed by atoms with Gasteiger partial charge in [0.2, 0.25) is 17.7 Å². The van der Waals surface area contributed by atoms with Crippen molar-refractivity contribution in [3.63, 3.8) is 0 Å². The Balaban J connectivity index is 1.17. The van der Waals surface area contributed by atoms with E-state index in [1.165, 1.54) is 19.3 Å². The average molecular weight is 484 g/mol. The first-order valence-electron chi connectivity index (χ1n) is 12.7. The molecule has 0 bridgehead atoms. The molecule has 1 aliphatic carbocycles. The van der Waals surface area contributed by atoms with Gasteiger partial charge in [-0.2, -0.15) is 4.98 Å². The smallest absolute Gasteiger partial charge is 0.227 e. The number of hydrogen-bond acceptors (Lipinski definition) is 7. The van der Waals surface area contributed by atoms with Gasteiger partial charge in [-0.05, 0) is 30.5 Å². The van der Waals surface area contributed by atoms with Crippen molar-refractivity contribution in [3.8, 4) is 5.75 Å². The quantitative estimate of drug-likeness (QED) is 0.541. The molecule has 0 N–H and O–H groups in total. The van der Waals surface area contributed by atoms with Crippen LogP contribution in [0.15, 0.2) is 28.8 Å². The van der Waals surface area contributed by atoms with E-state index in [9.17, 15) is 9.59 Å². The number of benzene rings is 1. The molecule has 9 nitrogen and oxygen atoms in total. The van der Waals surface area contributed by atoms with Crippen LogP contribution in [0.5, 0.6) is 5.75 Å². The van der Waals surface area contributed by atoms with E-state index in [1.54, 1.807) is 7.11 Å². The van der Waals surface area contributed by atoms with Gasteiger partial charge in [-0.1, -0.05) is 36.6 Å². The second kappa shape index (κ2) is 12.2. The minimum atomic E-state index is 0.138. The Labute approximate surface area is 207 Å². The Morgan fingerprint density at radius 3 is 2.49 bits per heavy atom. The summed E-state index contributed by atoms with van der Waals surface area (Å²) >= 11 is 0. The van der Waals surface area contributed by atoms with Crippen molar-refractivity contribution in [1.29, 1.82) is 0 Å². The zero-order chi connectivity index (χ0) is 24.6. The molecule has 2 fully saturated rings. The van der Waals surface area contributed by atoms with E-state index in [2.05, 4.69) is 15.0 Å². The third-order valence-electron chi connectivity index (χ3n) is 7.18. The van der Waals surface area contributed by atoms with Crippen molar-refractivity contribution in [2.24, 2.45) is 0 Å². The van der Waals surface area contributed by atoms with E-state index in [4.69, 9.17) is 9.26 Å². The van der Waals surface area contributed by atoms with Crippen LogP contribution in [0.2, 0.25) is 0 Å². The summed E-state index contributed by atoms with van der Waals surface area (Å²) in [5.41, 5.74) is 0.987. The summed E-state index contributed by atoms with van der Waals surface area (Å²) in [4.78, 5) is 35.8. The van der Waals surface area contributed by atoms with Gasteiger partial charge < -0.3 is 19.1 Å². The van der Waals surface area contributed by atoms with Gasteiger partial charge >= 0.3 is 0 Å². The summed E-state index contributed by atoms with van der Waals surface area (Å²) in [6.45, 7) is 3.48. The molecule has 2 aliphatic rings. The van der Waals surface area contributed by atoms with Crippen LogP contribution in [-0.2, 0) is 29.0 Å². The highest BCUT2D eigenvalue weighted by Gasteiger charge is 2.24. The number of amides is 2. The van der Waals surface area contributed by atoms with Crippen molar-refractivity contribution in [2.75, 3.05) is 40.3 Å². The number of carbonyl (C=O) groups is 2. The molecule has 2 aromatic rings. The Hall–Kier alpha value is -2.94. The third-order valence-corrected chi connectivity index (χ3v) is 7.18. The Morgan fingerprint density at radius 2 is 1.80 bits per heavy atom. The van der Waals surface area contributed by atoms with Crippen LogP contribution in [-0.4, -0.2) is 83.0 Å². The molecule has 1 saturated heterocycles. The highest BCUT2D eigenvalue weighted by molar-refractivity contribution is 5.79. The number of hydrogen-bond donors (Lipinski definition) is 0. The molecule has 35 heavy (non-hydrogen) atoms. The molecule has 0 spiro atoms. The molecule has 1 aromatic carbocycles. The van der Waals surface area contributed by atoms with Gasteiger partial charge in [0.15, 0.2) is 5.82 Å². The fourth-order valence-electron chi connectivity index (χ4n) is 4.90. The molecule has 2 heterocycles. The monoisotopic (exact) mass is 483 g/mol. The van der Waals surface area contributed by atoms with Crippen LogP contribution in [0.3, 0.4) is 0 Å². The first kappa shape index (κ1) is 25.2. The second-order valence-corrected chi connectivity index (χ2v) is 9.58. The number of rotatable bonds is 9. The van der Waals surface area contributed by atoms with Gasteiger partial charge in [0.05, 0.1) is 20.1 Å². The maximum atomic E-state index is 12.7. The summed E-state index contributed by atoms with van der Waals surface area (Å²) in [7, 11) is 3.55. The van der Waals surface area contributed by atoms with Gasteiger partial charge in [0.25, 0.3) is 0 Å². The third kappa shape index (κ3) is 7.04. The zero-order valence-electron chi connectivity index (χ0n) is 20.9. The Bertz CT molecular complexity index is 962. The second-order valence-electron chi connectivity index (χ2n) is 9.58. The first-order chi connectivity index (χ1) is 17.0. The van der Waals surface area contributed by atoms with Gasteiger partial charge in [-0.25, -0.2) is 0 Å². The number of aromatic nitrogens is 2. The maximum absolute atomic E-state index is 12.7. The number of ether oxygens (including phenoxy) is 1. The van der Waals surface area contributed by atoms with Crippen molar-refractivity contribution >= 4 is 11.8 Å². The van der Waals surface area contributed by atoms with E-state index in [-0.39, 0.29) is 11.8 Å². The Kier molecular flexibility index (Phi) is 8.74. The summed E-state index contributed by atoms with van der Waals surface area (Å²) in [5, 5.41) is 4.10. The lowest BCUT2D eigenvalue weighted by Gasteiger charge is -2.34. The van der Waals surface area contributed by atoms with Crippen LogP contribution in [0.4, 0.5) is 0 Å². The van der Waals surface area contributed by atoms with Crippen molar-refractivity contribution in [3.05, 3.63) is 41.5 Å². The molecule has 4 rings (SSSR count). The highest BCUT2D eigenvalue weighted by atomic mass is 16.5. The summed E-state index contributed by atoms with van der Waals surface area (Å²) in [6, 6.07) is 8.00. The van der Waals surface area contributed by atoms with E-state index in [1.807, 2.05) is 41.1 Å². The van der Waals surface area contributed by atoms with Crippen molar-refractivity contribution < 1.29 is 18.8 Å². The maximum Gasteiger partial charge on any atom is 0.227 e. The summed E-state index contributed by atoms with van der Waals surface area (Å²) < 4.78 is 10.6. The average Bonchev–Trinajstić information content (AvgIpc) is 3.35. The first-order valence-corrected chi connectivity index (χ1v) is 12.7. The number of piperazine rings is 1. The number of methoxy groups -OCH3 is 1. The highest BCUT2D eigenvalue weighted by Crippen LogP contribution is 2.22. The van der Waals surface area contributed by atoms with Gasteiger partial charge in [-0.15, -0.1) is 0 Å². The minimum absolute atomic E-state index is 0.138. The van der Waals surface area contributed by atoms with Crippen LogP contribution in [0, 0.1) is 0 Å². The molecule has 2 amide bonds. The standard InChI is InChI=1S/C26H37N5O4/c1-29(21-6-4-3-5-7-21)25(32)13-12-24-27-23(28-35-24)19-30-14-16-31(17-15-30)26(33)18-20-8-10-22(34-2)11-9-20/h8-11,21H,3-7,12-19H2,1-2H3. The molecule has 9 heteroatoms. The van der Waals surface area contributed by atoms with Gasteiger partial charge in [0, 0.05) is 52.1 Å². The molecule has 1 aliphatic heterocycles. The van der Waals surface area contributed by atoms with Gasteiger partial charge in [-0.3, -0.25) is 14.5 Å². The van der Waals surface area contributed by atoms with Crippen molar-refractivity contribution in [1.82, 2.24) is 24.8 Å². The molecule has 0 unspecified atom stereocenters. The normalized spacial score (nSPS) is 17.4. The zero-order valence-corrected chi connectivity index (χ0v) is 20.9. The predicted octanol–water partition coefficient (Wildman–Crippen LogP) is 2.69. The van der Waals surface area contributed by atoms with E-state index in [0.29, 0.717) is 56.7 Å². The van der Waals surface area contributed by atoms with E-state index in [0.717, 1.165) is 37.2 Å². The lowest BCUT2D eigenvalue weighted by Crippen LogP contribution is -2.48. The molecule has 0 radical (unpaired) electrons. The van der Waals surface area contributed by atoms with Crippen molar-refractivity contribution in [2.45, 2.75) is 64.0 Å². The van der Waals surface area contributed by atoms with Gasteiger partial charge in [0.1, 0.15) is 5.75 Å². The minimum Gasteiger partial charge on any atom is -0.497 e. The SMILES string of the molecule is COc1ccc(CC(=O)N2CCN(Cc3noc(CCC(=O)N(C)C4CCCCC4)n3)CC2)cc1. The molecular weight excluding hydrogens is 446 g/mol. The summed E-state index contributed by atoms with van der Waals surface area (Å²) in [5.74, 6) is 2.22. The predicted molar refractivity (Wildman–Crippen MR) is 131 cm³/mol. The van der Waals surface area contributed by atoms with Crippen LogP contribution in [0.25, 0.3) is 0 Å². The van der Waals surface area contributed by atoms with Crippen LogP contribution in [0.1, 0.15) is 55.8 Å². The summed E-state index contributed by atoms with van der Waals surface area (Å²) in [6.07, 6.45) is 7.16. The van der Waals surface area contributed by atoms with E-state index >= 15 is 0 Å².